The summed E-state index contributed by atoms with van der Waals surface area (Å²) in [5.41, 5.74) is 2.30. The number of carbonyl (C=O) groups excluding carboxylic acids is 1. The van der Waals surface area contributed by atoms with Gasteiger partial charge in [-0.3, -0.25) is 19.5 Å². The van der Waals surface area contributed by atoms with Gasteiger partial charge in [0.15, 0.2) is 5.58 Å². The van der Waals surface area contributed by atoms with Gasteiger partial charge in [-0.2, -0.15) is 0 Å². The van der Waals surface area contributed by atoms with E-state index in [-0.39, 0.29) is 30.1 Å². The number of hydrogen-bond donors (Lipinski definition) is 0. The number of aromatic nitrogens is 1. The highest BCUT2D eigenvalue weighted by Gasteiger charge is 2.19. The second kappa shape index (κ2) is 8.93. The van der Waals surface area contributed by atoms with Crippen molar-refractivity contribution in [3.8, 4) is 0 Å². The maximum absolute atomic E-state index is 13.0. The Kier molecular flexibility index (Phi) is 5.89. The first-order chi connectivity index (χ1) is 15.4. The molecule has 32 heavy (non-hydrogen) atoms. The van der Waals surface area contributed by atoms with E-state index in [1.54, 1.807) is 17.2 Å². The first-order valence-corrected chi connectivity index (χ1v) is 10.1. The lowest BCUT2D eigenvalue weighted by Gasteiger charge is -2.22. The van der Waals surface area contributed by atoms with Crippen LogP contribution >= 0.6 is 0 Å². The summed E-state index contributed by atoms with van der Waals surface area (Å²) in [4.78, 5) is 37.3. The molecule has 9 nitrogen and oxygen atoms in total. The van der Waals surface area contributed by atoms with Crippen molar-refractivity contribution in [3.05, 3.63) is 92.8 Å². The first kappa shape index (κ1) is 21.1. The summed E-state index contributed by atoms with van der Waals surface area (Å²) < 4.78 is 11.9. The Morgan fingerprint density at radius 3 is 2.62 bits per heavy atom. The molecule has 0 aliphatic heterocycles. The van der Waals surface area contributed by atoms with Crippen molar-refractivity contribution in [1.29, 1.82) is 0 Å². The van der Waals surface area contributed by atoms with Crippen LogP contribution in [0.4, 0.5) is 11.4 Å². The van der Waals surface area contributed by atoms with Gasteiger partial charge in [-0.1, -0.05) is 17.7 Å². The minimum Gasteiger partial charge on any atom is -0.467 e. The topological polar surface area (TPSA) is 112 Å². The monoisotopic (exact) mass is 435 g/mol. The molecule has 0 radical (unpaired) electrons. The smallest absolute Gasteiger partial charge is 0.419 e. The quantitative estimate of drug-likeness (QED) is 0.299. The molecule has 0 N–H and O–H groups in total. The number of benzene rings is 2. The van der Waals surface area contributed by atoms with Crippen molar-refractivity contribution in [2.45, 2.75) is 32.9 Å². The molecule has 0 bridgehead atoms. The lowest BCUT2D eigenvalue weighted by atomic mass is 10.2. The number of oxazole rings is 1. The molecule has 0 aliphatic rings. The highest BCUT2D eigenvalue weighted by Crippen LogP contribution is 2.22. The minimum atomic E-state index is -0.612. The van der Waals surface area contributed by atoms with E-state index >= 15 is 0 Å². The van der Waals surface area contributed by atoms with Crippen LogP contribution < -0.4 is 10.7 Å². The zero-order chi connectivity index (χ0) is 22.7. The van der Waals surface area contributed by atoms with Crippen LogP contribution in [0.5, 0.6) is 0 Å². The van der Waals surface area contributed by atoms with Gasteiger partial charge in [0.1, 0.15) is 5.76 Å². The molecule has 4 aromatic rings. The van der Waals surface area contributed by atoms with Crippen molar-refractivity contribution in [2.75, 3.05) is 4.90 Å². The molecule has 9 heteroatoms. The van der Waals surface area contributed by atoms with Gasteiger partial charge >= 0.3 is 5.76 Å². The molecule has 0 saturated heterocycles. The Morgan fingerprint density at radius 2 is 1.94 bits per heavy atom. The number of non-ortho nitro benzene ring substituents is 1. The van der Waals surface area contributed by atoms with E-state index in [2.05, 4.69) is 0 Å². The molecular weight excluding hydrogens is 414 g/mol. The number of carbonyl (C=O) groups is 1. The number of amides is 1. The summed E-state index contributed by atoms with van der Waals surface area (Å²) in [6.45, 7) is 2.52. The third-order valence-electron chi connectivity index (χ3n) is 5.18. The van der Waals surface area contributed by atoms with Crippen LogP contribution in [-0.4, -0.2) is 15.4 Å². The third-order valence-corrected chi connectivity index (χ3v) is 5.18. The van der Waals surface area contributed by atoms with Gasteiger partial charge in [0.05, 0.1) is 29.3 Å². The average Bonchev–Trinajstić information content (AvgIpc) is 3.39. The predicted molar refractivity (Wildman–Crippen MR) is 117 cm³/mol. The van der Waals surface area contributed by atoms with Crippen molar-refractivity contribution in [2.24, 2.45) is 0 Å². The number of nitrogens with zero attached hydrogens (tertiary/aromatic N) is 3. The van der Waals surface area contributed by atoms with Gasteiger partial charge < -0.3 is 13.7 Å². The van der Waals surface area contributed by atoms with Crippen molar-refractivity contribution in [3.63, 3.8) is 0 Å². The molecule has 0 atom stereocenters. The van der Waals surface area contributed by atoms with E-state index in [1.807, 2.05) is 37.3 Å². The second-order valence-electron chi connectivity index (χ2n) is 7.43. The summed E-state index contributed by atoms with van der Waals surface area (Å²) in [5, 5.41) is 10.9. The van der Waals surface area contributed by atoms with Gasteiger partial charge in [-0.05, 0) is 43.7 Å². The lowest BCUT2D eigenvalue weighted by Crippen LogP contribution is -2.30. The second-order valence-corrected chi connectivity index (χ2v) is 7.43. The summed E-state index contributed by atoms with van der Waals surface area (Å²) in [5.74, 6) is -0.0572. The fourth-order valence-corrected chi connectivity index (χ4v) is 3.51. The van der Waals surface area contributed by atoms with E-state index in [9.17, 15) is 19.7 Å². The zero-order valence-electron chi connectivity index (χ0n) is 17.4. The Morgan fingerprint density at radius 1 is 1.16 bits per heavy atom. The van der Waals surface area contributed by atoms with Crippen LogP contribution in [0.3, 0.4) is 0 Å². The largest absolute Gasteiger partial charge is 0.467 e. The van der Waals surface area contributed by atoms with Gasteiger partial charge in [0, 0.05) is 24.7 Å². The number of rotatable bonds is 8. The molecular formula is C23H21N3O6. The van der Waals surface area contributed by atoms with Crippen LogP contribution in [0.2, 0.25) is 0 Å². The normalized spacial score (nSPS) is 11.0. The lowest BCUT2D eigenvalue weighted by molar-refractivity contribution is -0.384. The van der Waals surface area contributed by atoms with E-state index in [0.717, 1.165) is 11.3 Å². The third kappa shape index (κ3) is 4.46. The number of nitro benzene ring substituents is 1. The SMILES string of the molecule is Cc1ccc(N(Cc2ccco2)C(=O)CCCn2c(=O)oc3cc([N+](=O)[O-])ccc32)cc1. The van der Waals surface area contributed by atoms with Gasteiger partial charge in [0.2, 0.25) is 5.91 Å². The first-order valence-electron chi connectivity index (χ1n) is 10.1. The molecule has 0 spiro atoms. The highest BCUT2D eigenvalue weighted by atomic mass is 16.6. The minimum absolute atomic E-state index is 0.109. The van der Waals surface area contributed by atoms with Crippen LogP contribution in [0.25, 0.3) is 11.1 Å². The number of fused-ring (bicyclic) bond motifs is 1. The Balaban J connectivity index is 1.48. The van der Waals surface area contributed by atoms with Crippen LogP contribution in [-0.2, 0) is 17.9 Å². The molecule has 0 unspecified atom stereocenters. The van der Waals surface area contributed by atoms with Gasteiger partial charge in [-0.25, -0.2) is 4.79 Å². The zero-order valence-corrected chi connectivity index (χ0v) is 17.4. The number of hydrogen-bond acceptors (Lipinski definition) is 6. The Bertz CT molecular complexity index is 1300. The standard InChI is InChI=1S/C23H21N3O6/c1-16-6-8-17(9-7-16)25(15-19-4-3-13-31-19)22(27)5-2-12-24-20-11-10-18(26(29)30)14-21(20)32-23(24)28/h3-4,6-11,13-14H,2,5,12,15H2,1H3. The molecule has 2 aromatic carbocycles. The summed E-state index contributed by atoms with van der Waals surface area (Å²) >= 11 is 0. The molecule has 0 saturated carbocycles. The molecule has 2 aromatic heterocycles. The van der Waals surface area contributed by atoms with Crippen molar-refractivity contribution >= 4 is 28.4 Å². The van der Waals surface area contributed by atoms with E-state index in [1.165, 1.54) is 22.8 Å². The highest BCUT2D eigenvalue weighted by molar-refractivity contribution is 5.93. The van der Waals surface area contributed by atoms with Gasteiger partial charge in [-0.15, -0.1) is 0 Å². The van der Waals surface area contributed by atoms with Crippen molar-refractivity contribution < 1.29 is 18.6 Å². The van der Waals surface area contributed by atoms with Crippen LogP contribution in [0.15, 0.2) is 74.5 Å². The van der Waals surface area contributed by atoms with E-state index in [0.29, 0.717) is 24.2 Å². The summed E-state index contributed by atoms with van der Waals surface area (Å²) in [6, 6.07) is 15.3. The molecule has 4 rings (SSSR count). The van der Waals surface area contributed by atoms with Crippen molar-refractivity contribution in [1.82, 2.24) is 4.57 Å². The summed E-state index contributed by atoms with van der Waals surface area (Å²) in [6.07, 6.45) is 2.15. The summed E-state index contributed by atoms with van der Waals surface area (Å²) in [7, 11) is 0. The molecule has 1 amide bonds. The molecule has 0 fully saturated rings. The number of anilines is 1. The number of aryl methyl sites for hydroxylation is 2. The molecule has 0 aliphatic carbocycles. The van der Waals surface area contributed by atoms with E-state index in [4.69, 9.17) is 8.83 Å². The van der Waals surface area contributed by atoms with Crippen LogP contribution in [0, 0.1) is 17.0 Å². The average molecular weight is 435 g/mol. The van der Waals surface area contributed by atoms with Crippen LogP contribution in [0.1, 0.15) is 24.2 Å². The van der Waals surface area contributed by atoms with Gasteiger partial charge in [0.25, 0.3) is 5.69 Å². The maximum atomic E-state index is 13.0. The Labute approximate surface area is 182 Å². The predicted octanol–water partition coefficient (Wildman–Crippen LogP) is 4.42. The Hall–Kier alpha value is -4.14. The number of furan rings is 1. The fraction of sp³-hybridized carbons (Fsp3) is 0.217. The fourth-order valence-electron chi connectivity index (χ4n) is 3.51. The number of nitro groups is 1. The van der Waals surface area contributed by atoms with E-state index < -0.39 is 10.7 Å². The molecule has 2 heterocycles. The molecule has 164 valence electrons. The maximum Gasteiger partial charge on any atom is 0.419 e.